The van der Waals surface area contributed by atoms with Gasteiger partial charge in [-0.05, 0) is 47.6 Å². The van der Waals surface area contributed by atoms with E-state index in [1.165, 1.54) is 20.9 Å². The lowest BCUT2D eigenvalue weighted by molar-refractivity contribution is 0.706. The first-order chi connectivity index (χ1) is 10.8. The highest BCUT2D eigenvalue weighted by atomic mass is 32.2. The molecular formula is C18H20FNS2. The van der Waals surface area contributed by atoms with Crippen LogP contribution in [-0.2, 0) is 6.42 Å². The lowest BCUT2D eigenvalue weighted by Crippen LogP contribution is -2.04. The molecule has 0 radical (unpaired) electrons. The van der Waals surface area contributed by atoms with Crippen molar-refractivity contribution in [1.82, 2.24) is 0 Å². The molecular weight excluding hydrogens is 313 g/mol. The molecule has 0 heterocycles. The normalized spacial score (nSPS) is 11.7. The fraction of sp³-hybridized carbons (Fsp3) is 0.222. The number of hydrogen-bond acceptors (Lipinski definition) is 3. The number of nitrogens with two attached hydrogens (primary N) is 1. The minimum atomic E-state index is 0.265. The van der Waals surface area contributed by atoms with Gasteiger partial charge in [0.25, 0.3) is 0 Å². The van der Waals surface area contributed by atoms with Crippen LogP contribution in [0, 0.1) is 0 Å². The summed E-state index contributed by atoms with van der Waals surface area (Å²) in [6.07, 6.45) is 3.59. The lowest BCUT2D eigenvalue weighted by Gasteiger charge is -2.10. The van der Waals surface area contributed by atoms with Crippen LogP contribution in [0.3, 0.4) is 0 Å². The van der Waals surface area contributed by atoms with E-state index in [2.05, 4.69) is 42.7 Å². The maximum absolute atomic E-state index is 12.6. The Bertz CT molecular complexity index is 640. The predicted octanol–water partition coefficient (Wildman–Crippen LogP) is 4.90. The van der Waals surface area contributed by atoms with Crippen LogP contribution in [0.15, 0.2) is 70.2 Å². The molecule has 0 bridgehead atoms. The number of thioether (sulfide) groups is 2. The van der Waals surface area contributed by atoms with Crippen molar-refractivity contribution in [3.8, 4) is 0 Å². The van der Waals surface area contributed by atoms with Gasteiger partial charge in [-0.3, -0.25) is 0 Å². The summed E-state index contributed by atoms with van der Waals surface area (Å²) in [5.41, 5.74) is 8.70. The topological polar surface area (TPSA) is 26.0 Å². The second-order valence-electron chi connectivity index (χ2n) is 4.90. The summed E-state index contributed by atoms with van der Waals surface area (Å²) in [7, 11) is 0. The van der Waals surface area contributed by atoms with Crippen molar-refractivity contribution < 1.29 is 4.39 Å². The molecule has 0 unspecified atom stereocenters. The van der Waals surface area contributed by atoms with Crippen molar-refractivity contribution in [1.29, 1.82) is 0 Å². The van der Waals surface area contributed by atoms with Crippen LogP contribution < -0.4 is 5.73 Å². The highest BCUT2D eigenvalue weighted by Crippen LogP contribution is 2.27. The predicted molar refractivity (Wildman–Crippen MR) is 96.4 cm³/mol. The minimum absolute atomic E-state index is 0.265. The van der Waals surface area contributed by atoms with Gasteiger partial charge in [0.05, 0.1) is 6.33 Å². The molecule has 0 atom stereocenters. The average Bonchev–Trinajstić information content (AvgIpc) is 2.57. The number of rotatable bonds is 7. The summed E-state index contributed by atoms with van der Waals surface area (Å²) in [6, 6.07) is 16.9. The maximum Gasteiger partial charge on any atom is 0.0880 e. The van der Waals surface area contributed by atoms with E-state index in [1.807, 2.05) is 12.1 Å². The van der Waals surface area contributed by atoms with Crippen LogP contribution in [-0.4, -0.2) is 18.6 Å². The van der Waals surface area contributed by atoms with Crippen molar-refractivity contribution in [2.75, 3.05) is 18.6 Å². The van der Waals surface area contributed by atoms with Gasteiger partial charge in [0, 0.05) is 22.1 Å². The van der Waals surface area contributed by atoms with E-state index in [4.69, 9.17) is 5.73 Å². The van der Waals surface area contributed by atoms with Crippen LogP contribution in [0.5, 0.6) is 0 Å². The summed E-state index contributed by atoms with van der Waals surface area (Å²) in [4.78, 5) is 2.46. The SMILES string of the molecule is CSc1cccc(Cc2ccccc2SC/C(=C/F)CN)c1. The highest BCUT2D eigenvalue weighted by molar-refractivity contribution is 7.99. The quantitative estimate of drug-likeness (QED) is 0.730. The van der Waals surface area contributed by atoms with E-state index < -0.39 is 0 Å². The first kappa shape index (κ1) is 17.1. The van der Waals surface area contributed by atoms with E-state index in [-0.39, 0.29) is 6.54 Å². The number of benzene rings is 2. The maximum atomic E-state index is 12.6. The molecule has 116 valence electrons. The van der Waals surface area contributed by atoms with Gasteiger partial charge in [-0.1, -0.05) is 30.3 Å². The molecule has 2 N–H and O–H groups in total. The Morgan fingerprint density at radius 1 is 1.18 bits per heavy atom. The van der Waals surface area contributed by atoms with Crippen LogP contribution in [0.1, 0.15) is 11.1 Å². The monoisotopic (exact) mass is 333 g/mol. The van der Waals surface area contributed by atoms with Crippen molar-refractivity contribution in [3.63, 3.8) is 0 Å². The molecule has 1 nitrogen and oxygen atoms in total. The molecule has 2 aromatic carbocycles. The standard InChI is InChI=1S/C18H20FNS2/c1-21-17-7-4-5-14(10-17)9-16-6-2-3-8-18(16)22-13-15(11-19)12-20/h2-8,10-11H,9,12-13,20H2,1H3/b15-11+. The van der Waals surface area contributed by atoms with Crippen molar-refractivity contribution in [3.05, 3.63) is 71.6 Å². The van der Waals surface area contributed by atoms with Gasteiger partial charge in [0.1, 0.15) is 0 Å². The van der Waals surface area contributed by atoms with Gasteiger partial charge in [-0.2, -0.15) is 0 Å². The Kier molecular flexibility index (Phi) is 7.03. The smallest absolute Gasteiger partial charge is 0.0880 e. The van der Waals surface area contributed by atoms with Crippen molar-refractivity contribution in [2.24, 2.45) is 5.73 Å². The molecule has 0 aromatic heterocycles. The summed E-state index contributed by atoms with van der Waals surface area (Å²) in [5.74, 6) is 0.592. The molecule has 2 aromatic rings. The minimum Gasteiger partial charge on any atom is -0.327 e. The molecule has 0 saturated heterocycles. The molecule has 2 rings (SSSR count). The summed E-state index contributed by atoms with van der Waals surface area (Å²) in [6.45, 7) is 0.265. The van der Waals surface area contributed by atoms with Crippen LogP contribution >= 0.6 is 23.5 Å². The third kappa shape index (κ3) is 4.90. The Labute approximate surface area is 140 Å². The van der Waals surface area contributed by atoms with Crippen molar-refractivity contribution >= 4 is 23.5 Å². The Morgan fingerprint density at radius 2 is 2.00 bits per heavy atom. The van der Waals surface area contributed by atoms with Gasteiger partial charge in [-0.15, -0.1) is 23.5 Å². The van der Waals surface area contributed by atoms with E-state index in [1.54, 1.807) is 23.5 Å². The molecule has 22 heavy (non-hydrogen) atoms. The largest absolute Gasteiger partial charge is 0.327 e. The zero-order valence-electron chi connectivity index (χ0n) is 12.6. The van der Waals surface area contributed by atoms with Gasteiger partial charge >= 0.3 is 0 Å². The molecule has 0 aliphatic rings. The van der Waals surface area contributed by atoms with E-state index in [0.29, 0.717) is 17.7 Å². The second-order valence-corrected chi connectivity index (χ2v) is 6.79. The number of halogens is 1. The molecule has 0 saturated carbocycles. The molecule has 0 aliphatic heterocycles. The third-order valence-corrected chi connectivity index (χ3v) is 5.28. The molecule has 0 amide bonds. The first-order valence-electron chi connectivity index (χ1n) is 7.08. The van der Waals surface area contributed by atoms with Gasteiger partial charge in [0.2, 0.25) is 0 Å². The first-order valence-corrected chi connectivity index (χ1v) is 9.29. The zero-order chi connectivity index (χ0) is 15.8. The fourth-order valence-electron chi connectivity index (χ4n) is 2.10. The lowest BCUT2D eigenvalue weighted by atomic mass is 10.1. The van der Waals surface area contributed by atoms with E-state index in [9.17, 15) is 4.39 Å². The summed E-state index contributed by atoms with van der Waals surface area (Å²) < 4.78 is 12.6. The summed E-state index contributed by atoms with van der Waals surface area (Å²) >= 11 is 3.39. The third-order valence-electron chi connectivity index (χ3n) is 3.33. The van der Waals surface area contributed by atoms with E-state index >= 15 is 0 Å². The zero-order valence-corrected chi connectivity index (χ0v) is 14.2. The van der Waals surface area contributed by atoms with Crippen molar-refractivity contribution in [2.45, 2.75) is 16.2 Å². The molecule has 0 fully saturated rings. The highest BCUT2D eigenvalue weighted by Gasteiger charge is 2.06. The number of hydrogen-bond donors (Lipinski definition) is 1. The van der Waals surface area contributed by atoms with Crippen LogP contribution in [0.2, 0.25) is 0 Å². The molecule has 0 spiro atoms. The molecule has 4 heteroatoms. The average molecular weight is 333 g/mol. The molecule has 0 aliphatic carbocycles. The van der Waals surface area contributed by atoms with Gasteiger partial charge < -0.3 is 5.73 Å². The Morgan fingerprint density at radius 3 is 2.73 bits per heavy atom. The fourth-order valence-corrected chi connectivity index (χ4v) is 3.60. The van der Waals surface area contributed by atoms with E-state index in [0.717, 1.165) is 6.42 Å². The summed E-state index contributed by atoms with van der Waals surface area (Å²) in [5, 5.41) is 0. The van der Waals surface area contributed by atoms with Crippen LogP contribution in [0.4, 0.5) is 4.39 Å². The van der Waals surface area contributed by atoms with Crippen LogP contribution in [0.25, 0.3) is 0 Å². The Balaban J connectivity index is 2.13. The van der Waals surface area contributed by atoms with Gasteiger partial charge in [0.15, 0.2) is 0 Å². The second kappa shape index (κ2) is 9.03. The Hall–Kier alpha value is -1.23. The van der Waals surface area contributed by atoms with Gasteiger partial charge in [-0.25, -0.2) is 4.39 Å².